The van der Waals surface area contributed by atoms with Gasteiger partial charge in [-0.1, -0.05) is 18.9 Å². The lowest BCUT2D eigenvalue weighted by molar-refractivity contribution is 0.0649. The van der Waals surface area contributed by atoms with Gasteiger partial charge in [-0.25, -0.2) is 0 Å². The number of fused-ring (bicyclic) bond motifs is 1. The number of aromatic nitrogens is 4. The van der Waals surface area contributed by atoms with Crippen molar-refractivity contribution in [2.24, 2.45) is 14.1 Å². The maximum absolute atomic E-state index is 13.7. The van der Waals surface area contributed by atoms with Gasteiger partial charge in [0.15, 0.2) is 0 Å². The van der Waals surface area contributed by atoms with Crippen LogP contribution in [0.1, 0.15) is 59.5 Å². The molecule has 2 aliphatic rings. The monoisotopic (exact) mass is 409 g/mol. The Hall–Kier alpha value is -2.41. The molecule has 0 aromatic carbocycles. The van der Waals surface area contributed by atoms with E-state index in [1.54, 1.807) is 16.0 Å². The van der Waals surface area contributed by atoms with Crippen LogP contribution in [0.4, 0.5) is 0 Å². The van der Waals surface area contributed by atoms with Crippen LogP contribution in [0.2, 0.25) is 0 Å². The molecular weight excluding hydrogens is 382 g/mol. The molecule has 0 atom stereocenters. The highest BCUT2D eigenvalue weighted by atomic mass is 32.1. The van der Waals surface area contributed by atoms with Crippen LogP contribution in [-0.2, 0) is 33.5 Å². The molecule has 3 aromatic rings. The zero-order valence-corrected chi connectivity index (χ0v) is 17.9. The van der Waals surface area contributed by atoms with Gasteiger partial charge in [0.1, 0.15) is 11.4 Å². The molecule has 0 aliphatic heterocycles. The number of thiophene rings is 1. The Labute approximate surface area is 175 Å². The fraction of sp³-hybridized carbons (Fsp3) is 0.500. The number of carbonyl (C=O) groups excluding carboxylic acids is 1. The van der Waals surface area contributed by atoms with Crippen molar-refractivity contribution in [2.45, 2.75) is 57.5 Å². The molecule has 0 unspecified atom stereocenters. The highest BCUT2D eigenvalue weighted by Gasteiger charge is 2.32. The highest BCUT2D eigenvalue weighted by Crippen LogP contribution is 2.31. The van der Waals surface area contributed by atoms with E-state index in [1.165, 1.54) is 30.5 Å². The van der Waals surface area contributed by atoms with E-state index in [-0.39, 0.29) is 5.91 Å². The molecule has 5 rings (SSSR count). The van der Waals surface area contributed by atoms with Gasteiger partial charge in [-0.2, -0.15) is 10.2 Å². The molecule has 3 aromatic heterocycles. The molecule has 7 heteroatoms. The van der Waals surface area contributed by atoms with E-state index in [2.05, 4.69) is 10.00 Å². The molecule has 6 nitrogen and oxygen atoms in total. The normalized spacial score (nSPS) is 16.5. The second-order valence-electron chi connectivity index (χ2n) is 8.24. The van der Waals surface area contributed by atoms with E-state index in [9.17, 15) is 4.79 Å². The van der Waals surface area contributed by atoms with Gasteiger partial charge in [0.2, 0.25) is 0 Å². The second kappa shape index (κ2) is 7.44. The minimum absolute atomic E-state index is 0.0760. The van der Waals surface area contributed by atoms with Crippen LogP contribution in [0.3, 0.4) is 0 Å². The Morgan fingerprint density at radius 3 is 2.76 bits per heavy atom. The third-order valence-electron chi connectivity index (χ3n) is 6.42. The molecular formula is C22H27N5OS. The number of amides is 1. The zero-order chi connectivity index (χ0) is 20.0. The summed E-state index contributed by atoms with van der Waals surface area (Å²) in [6.07, 6.45) is 7.92. The van der Waals surface area contributed by atoms with Gasteiger partial charge in [-0.3, -0.25) is 14.2 Å². The molecule has 0 saturated heterocycles. The van der Waals surface area contributed by atoms with Gasteiger partial charge in [0, 0.05) is 25.8 Å². The van der Waals surface area contributed by atoms with E-state index >= 15 is 0 Å². The SMILES string of the molecule is Cn1nc(-c2cccs2)cc1C(=O)N(Cc1nn(C)c2c1CCC2)C1CCCC1. The Balaban J connectivity index is 1.47. The molecule has 0 spiro atoms. The van der Waals surface area contributed by atoms with Gasteiger partial charge >= 0.3 is 0 Å². The second-order valence-corrected chi connectivity index (χ2v) is 9.18. The Bertz CT molecular complexity index is 1030. The standard InChI is InChI=1S/C22H27N5OS/c1-25-19-10-5-9-16(19)18(24-25)14-27(15-7-3-4-8-15)22(28)20-13-17(23-26(20)2)21-11-6-12-29-21/h6,11-13,15H,3-5,7-10,14H2,1-2H3. The fourth-order valence-corrected chi connectivity index (χ4v) is 5.61. The summed E-state index contributed by atoms with van der Waals surface area (Å²) in [5, 5.41) is 11.4. The van der Waals surface area contributed by atoms with Gasteiger partial charge in [-0.15, -0.1) is 11.3 Å². The zero-order valence-electron chi connectivity index (χ0n) is 17.1. The maximum atomic E-state index is 13.7. The van der Waals surface area contributed by atoms with Crippen LogP contribution in [0.15, 0.2) is 23.6 Å². The topological polar surface area (TPSA) is 56.0 Å². The van der Waals surface area contributed by atoms with E-state index in [0.717, 1.165) is 41.9 Å². The quantitative estimate of drug-likeness (QED) is 0.641. The van der Waals surface area contributed by atoms with Crippen LogP contribution >= 0.6 is 11.3 Å². The van der Waals surface area contributed by atoms with Crippen molar-refractivity contribution in [3.8, 4) is 10.6 Å². The Morgan fingerprint density at radius 2 is 2.00 bits per heavy atom. The lowest BCUT2D eigenvalue weighted by Gasteiger charge is -2.28. The highest BCUT2D eigenvalue weighted by molar-refractivity contribution is 7.13. The fourth-order valence-electron chi connectivity index (χ4n) is 4.93. The van der Waals surface area contributed by atoms with E-state index < -0.39 is 0 Å². The largest absolute Gasteiger partial charge is 0.328 e. The summed E-state index contributed by atoms with van der Waals surface area (Å²) in [6.45, 7) is 0.603. The Kier molecular flexibility index (Phi) is 4.78. The van der Waals surface area contributed by atoms with Crippen molar-refractivity contribution in [3.05, 3.63) is 46.2 Å². The molecule has 1 amide bonds. The third kappa shape index (κ3) is 3.31. The number of nitrogens with zero attached hydrogens (tertiary/aromatic N) is 5. The first-order valence-corrected chi connectivity index (χ1v) is 11.4. The summed E-state index contributed by atoms with van der Waals surface area (Å²) >= 11 is 1.65. The predicted molar refractivity (Wildman–Crippen MR) is 114 cm³/mol. The van der Waals surface area contributed by atoms with Crippen molar-refractivity contribution < 1.29 is 4.79 Å². The number of hydrogen-bond donors (Lipinski definition) is 0. The van der Waals surface area contributed by atoms with Crippen molar-refractivity contribution >= 4 is 17.2 Å². The van der Waals surface area contributed by atoms with Crippen molar-refractivity contribution in [1.82, 2.24) is 24.5 Å². The summed E-state index contributed by atoms with van der Waals surface area (Å²) in [5.41, 5.74) is 5.33. The average molecular weight is 410 g/mol. The molecule has 29 heavy (non-hydrogen) atoms. The molecule has 152 valence electrons. The number of carbonyl (C=O) groups is 1. The van der Waals surface area contributed by atoms with Gasteiger partial charge in [0.05, 0.1) is 17.1 Å². The third-order valence-corrected chi connectivity index (χ3v) is 7.31. The molecule has 0 bridgehead atoms. The lowest BCUT2D eigenvalue weighted by atomic mass is 10.1. The summed E-state index contributed by atoms with van der Waals surface area (Å²) in [4.78, 5) is 16.8. The lowest BCUT2D eigenvalue weighted by Crippen LogP contribution is -2.39. The molecule has 3 heterocycles. The first-order valence-electron chi connectivity index (χ1n) is 10.5. The maximum Gasteiger partial charge on any atom is 0.272 e. The summed E-state index contributed by atoms with van der Waals surface area (Å²) in [7, 11) is 3.90. The molecule has 0 radical (unpaired) electrons. The average Bonchev–Trinajstić information content (AvgIpc) is 3.49. The van der Waals surface area contributed by atoms with Gasteiger partial charge in [0.25, 0.3) is 5.91 Å². The minimum atomic E-state index is 0.0760. The summed E-state index contributed by atoms with van der Waals surface area (Å²) in [6, 6.07) is 6.30. The Morgan fingerprint density at radius 1 is 1.17 bits per heavy atom. The smallest absolute Gasteiger partial charge is 0.272 e. The summed E-state index contributed by atoms with van der Waals surface area (Å²) < 4.78 is 3.76. The predicted octanol–water partition coefficient (Wildman–Crippen LogP) is 3.96. The van der Waals surface area contributed by atoms with E-state index in [0.29, 0.717) is 18.3 Å². The van der Waals surface area contributed by atoms with Gasteiger partial charge in [-0.05, 0) is 55.2 Å². The number of rotatable bonds is 5. The molecule has 1 saturated carbocycles. The van der Waals surface area contributed by atoms with Gasteiger partial charge < -0.3 is 4.90 Å². The minimum Gasteiger partial charge on any atom is -0.328 e. The van der Waals surface area contributed by atoms with Crippen molar-refractivity contribution in [1.29, 1.82) is 0 Å². The van der Waals surface area contributed by atoms with E-state index in [1.807, 2.05) is 42.4 Å². The number of aryl methyl sites for hydroxylation is 2. The van der Waals surface area contributed by atoms with Crippen LogP contribution in [0.25, 0.3) is 10.6 Å². The van der Waals surface area contributed by atoms with Crippen molar-refractivity contribution in [2.75, 3.05) is 0 Å². The van der Waals surface area contributed by atoms with Crippen LogP contribution in [-0.4, -0.2) is 36.4 Å². The number of hydrogen-bond acceptors (Lipinski definition) is 4. The summed E-state index contributed by atoms with van der Waals surface area (Å²) in [5.74, 6) is 0.0760. The van der Waals surface area contributed by atoms with Crippen LogP contribution in [0, 0.1) is 0 Å². The molecule has 0 N–H and O–H groups in total. The van der Waals surface area contributed by atoms with Crippen LogP contribution in [0.5, 0.6) is 0 Å². The van der Waals surface area contributed by atoms with Crippen LogP contribution < -0.4 is 0 Å². The van der Waals surface area contributed by atoms with E-state index in [4.69, 9.17) is 5.10 Å². The first-order chi connectivity index (χ1) is 14.1. The van der Waals surface area contributed by atoms with Crippen molar-refractivity contribution in [3.63, 3.8) is 0 Å². The first kappa shape index (κ1) is 18.6. The molecule has 1 fully saturated rings. The molecule has 2 aliphatic carbocycles.